The minimum atomic E-state index is 0.247. The van der Waals surface area contributed by atoms with E-state index in [9.17, 15) is 0 Å². The van der Waals surface area contributed by atoms with Crippen LogP contribution in [0.1, 0.15) is 5.69 Å². The molecule has 8 nitrogen and oxygen atoms in total. The van der Waals surface area contributed by atoms with E-state index in [1.165, 1.54) is 4.52 Å². The standard InChI is InChI=1S/C15H13N7O/c16-15-19-12(18-9-10-4-1-2-6-17-10)8-13-20-14(21-22(13)15)11-5-3-7-23-11/h1-8,18H,9H2,(H2,16,19). The molecule has 4 heterocycles. The van der Waals surface area contributed by atoms with Crippen molar-refractivity contribution in [1.29, 1.82) is 0 Å². The number of nitrogens with zero attached hydrogens (tertiary/aromatic N) is 5. The van der Waals surface area contributed by atoms with Crippen LogP contribution in [0.15, 0.2) is 53.3 Å². The van der Waals surface area contributed by atoms with Gasteiger partial charge in [-0.25, -0.2) is 4.98 Å². The first-order valence-electron chi connectivity index (χ1n) is 7.00. The van der Waals surface area contributed by atoms with E-state index in [1.54, 1.807) is 30.7 Å². The molecule has 0 aromatic carbocycles. The topological polar surface area (TPSA) is 107 Å². The molecular weight excluding hydrogens is 294 g/mol. The number of aromatic nitrogens is 5. The lowest BCUT2D eigenvalue weighted by molar-refractivity contribution is 0.577. The predicted octanol–water partition coefficient (Wildman–Crippen LogP) is 1.97. The zero-order valence-corrected chi connectivity index (χ0v) is 12.0. The molecule has 4 rings (SSSR count). The third-order valence-electron chi connectivity index (χ3n) is 3.27. The number of nitrogen functional groups attached to an aromatic ring is 1. The van der Waals surface area contributed by atoms with E-state index in [-0.39, 0.29) is 5.95 Å². The van der Waals surface area contributed by atoms with E-state index in [4.69, 9.17) is 10.2 Å². The molecule has 0 bridgehead atoms. The van der Waals surface area contributed by atoms with Gasteiger partial charge in [0, 0.05) is 12.3 Å². The number of hydrogen-bond acceptors (Lipinski definition) is 7. The molecule has 0 aliphatic carbocycles. The second kappa shape index (κ2) is 5.41. The third-order valence-corrected chi connectivity index (χ3v) is 3.27. The van der Waals surface area contributed by atoms with Crippen LogP contribution in [0, 0.1) is 0 Å². The van der Waals surface area contributed by atoms with Crippen molar-refractivity contribution < 1.29 is 4.42 Å². The average molecular weight is 307 g/mol. The Kier molecular flexibility index (Phi) is 3.12. The van der Waals surface area contributed by atoms with Crippen LogP contribution >= 0.6 is 0 Å². The van der Waals surface area contributed by atoms with Crippen molar-refractivity contribution in [2.24, 2.45) is 0 Å². The summed E-state index contributed by atoms with van der Waals surface area (Å²) in [6, 6.07) is 11.1. The first-order valence-corrected chi connectivity index (χ1v) is 7.00. The summed E-state index contributed by atoms with van der Waals surface area (Å²) in [5.41, 5.74) is 7.45. The number of rotatable bonds is 4. The third kappa shape index (κ3) is 2.57. The van der Waals surface area contributed by atoms with Crippen LogP contribution in [-0.2, 0) is 6.54 Å². The highest BCUT2D eigenvalue weighted by Gasteiger charge is 2.12. The maximum Gasteiger partial charge on any atom is 0.225 e. The number of hydrogen-bond donors (Lipinski definition) is 2. The first-order chi connectivity index (χ1) is 11.3. The zero-order chi connectivity index (χ0) is 15.6. The molecule has 4 aromatic heterocycles. The zero-order valence-electron chi connectivity index (χ0n) is 12.0. The summed E-state index contributed by atoms with van der Waals surface area (Å²) in [5.74, 6) is 1.90. The van der Waals surface area contributed by atoms with E-state index in [1.807, 2.05) is 18.2 Å². The molecule has 0 fully saturated rings. The summed E-state index contributed by atoms with van der Waals surface area (Å²) in [4.78, 5) is 12.9. The Morgan fingerprint density at radius 1 is 1.17 bits per heavy atom. The molecule has 0 amide bonds. The Morgan fingerprint density at radius 3 is 2.91 bits per heavy atom. The minimum absolute atomic E-state index is 0.247. The quantitative estimate of drug-likeness (QED) is 0.593. The summed E-state index contributed by atoms with van der Waals surface area (Å²) in [5, 5.41) is 7.48. The van der Waals surface area contributed by atoms with Gasteiger partial charge in [-0.1, -0.05) is 6.07 Å². The second-order valence-corrected chi connectivity index (χ2v) is 4.86. The maximum atomic E-state index is 5.96. The van der Waals surface area contributed by atoms with Crippen LogP contribution in [0.5, 0.6) is 0 Å². The molecule has 0 saturated heterocycles. The monoisotopic (exact) mass is 307 g/mol. The van der Waals surface area contributed by atoms with E-state index in [0.717, 1.165) is 5.69 Å². The molecule has 114 valence electrons. The number of nitrogens with two attached hydrogens (primary N) is 1. The number of furan rings is 1. The molecule has 3 N–H and O–H groups in total. The molecule has 0 unspecified atom stereocenters. The van der Waals surface area contributed by atoms with Gasteiger partial charge in [0.1, 0.15) is 5.82 Å². The van der Waals surface area contributed by atoms with Crippen LogP contribution in [0.25, 0.3) is 17.2 Å². The molecule has 23 heavy (non-hydrogen) atoms. The average Bonchev–Trinajstić information content (AvgIpc) is 3.23. The SMILES string of the molecule is Nc1nc(NCc2ccccn2)cc2nc(-c3ccco3)nn12. The highest BCUT2D eigenvalue weighted by atomic mass is 16.3. The summed E-state index contributed by atoms with van der Waals surface area (Å²) in [7, 11) is 0. The highest BCUT2D eigenvalue weighted by molar-refractivity contribution is 5.58. The Bertz CT molecular complexity index is 931. The van der Waals surface area contributed by atoms with Gasteiger partial charge < -0.3 is 15.5 Å². The van der Waals surface area contributed by atoms with Gasteiger partial charge in [0.2, 0.25) is 11.8 Å². The molecule has 4 aromatic rings. The van der Waals surface area contributed by atoms with E-state index >= 15 is 0 Å². The molecule has 0 saturated carbocycles. The van der Waals surface area contributed by atoms with Gasteiger partial charge in [0.05, 0.1) is 18.5 Å². The van der Waals surface area contributed by atoms with Crippen molar-refractivity contribution in [3.8, 4) is 11.6 Å². The van der Waals surface area contributed by atoms with Gasteiger partial charge in [0.15, 0.2) is 11.4 Å². The van der Waals surface area contributed by atoms with E-state index in [2.05, 4.69) is 25.4 Å². The highest BCUT2D eigenvalue weighted by Crippen LogP contribution is 2.19. The van der Waals surface area contributed by atoms with Crippen LogP contribution in [0.3, 0.4) is 0 Å². The van der Waals surface area contributed by atoms with E-state index in [0.29, 0.717) is 29.6 Å². The number of anilines is 2. The summed E-state index contributed by atoms with van der Waals surface area (Å²) in [6.45, 7) is 0.544. The number of nitrogens with one attached hydrogen (secondary N) is 1. The van der Waals surface area contributed by atoms with Crippen molar-refractivity contribution in [2.75, 3.05) is 11.1 Å². The van der Waals surface area contributed by atoms with Crippen molar-refractivity contribution >= 4 is 17.4 Å². The van der Waals surface area contributed by atoms with Gasteiger partial charge in [-0.05, 0) is 24.3 Å². The Hall–Kier alpha value is -3.42. The Morgan fingerprint density at radius 2 is 2.13 bits per heavy atom. The number of fused-ring (bicyclic) bond motifs is 1. The lowest BCUT2D eigenvalue weighted by Crippen LogP contribution is -2.07. The van der Waals surface area contributed by atoms with E-state index < -0.39 is 0 Å². The minimum Gasteiger partial charge on any atom is -0.461 e. The molecule has 0 aliphatic heterocycles. The maximum absolute atomic E-state index is 5.96. The molecular formula is C15H13N7O. The molecule has 0 spiro atoms. The van der Waals surface area contributed by atoms with Crippen LogP contribution < -0.4 is 11.1 Å². The summed E-state index contributed by atoms with van der Waals surface area (Å²) < 4.78 is 6.78. The van der Waals surface area contributed by atoms with Gasteiger partial charge in [-0.15, -0.1) is 5.10 Å². The first kappa shape index (κ1) is 13.3. The smallest absolute Gasteiger partial charge is 0.225 e. The lowest BCUT2D eigenvalue weighted by Gasteiger charge is -2.06. The molecule has 8 heteroatoms. The fourth-order valence-corrected chi connectivity index (χ4v) is 2.20. The normalized spacial score (nSPS) is 11.0. The fraction of sp³-hybridized carbons (Fsp3) is 0.0667. The summed E-state index contributed by atoms with van der Waals surface area (Å²) >= 11 is 0. The van der Waals surface area contributed by atoms with Crippen molar-refractivity contribution in [3.05, 3.63) is 54.6 Å². The largest absolute Gasteiger partial charge is 0.461 e. The van der Waals surface area contributed by atoms with Crippen LogP contribution in [0.2, 0.25) is 0 Å². The lowest BCUT2D eigenvalue weighted by atomic mass is 10.3. The molecule has 0 atom stereocenters. The second-order valence-electron chi connectivity index (χ2n) is 4.86. The van der Waals surface area contributed by atoms with Gasteiger partial charge in [-0.3, -0.25) is 4.98 Å². The van der Waals surface area contributed by atoms with Crippen molar-refractivity contribution in [3.63, 3.8) is 0 Å². The Labute approximate surface area is 131 Å². The fourth-order valence-electron chi connectivity index (χ4n) is 2.20. The Balaban J connectivity index is 1.64. The van der Waals surface area contributed by atoms with Gasteiger partial charge in [0.25, 0.3) is 0 Å². The molecule has 0 aliphatic rings. The van der Waals surface area contributed by atoms with Gasteiger partial charge in [-0.2, -0.15) is 9.50 Å². The van der Waals surface area contributed by atoms with Crippen molar-refractivity contribution in [2.45, 2.75) is 6.54 Å². The summed E-state index contributed by atoms with van der Waals surface area (Å²) in [6.07, 6.45) is 3.32. The molecule has 0 radical (unpaired) electrons. The van der Waals surface area contributed by atoms with Crippen LogP contribution in [0.4, 0.5) is 11.8 Å². The predicted molar refractivity (Wildman–Crippen MR) is 84.5 cm³/mol. The number of pyridine rings is 1. The van der Waals surface area contributed by atoms with Crippen LogP contribution in [-0.4, -0.2) is 24.6 Å². The van der Waals surface area contributed by atoms with Gasteiger partial charge >= 0.3 is 0 Å². The van der Waals surface area contributed by atoms with Crippen molar-refractivity contribution in [1.82, 2.24) is 24.6 Å².